The maximum atomic E-state index is 5.73. The van der Waals surface area contributed by atoms with Crippen LogP contribution in [0.3, 0.4) is 0 Å². The van der Waals surface area contributed by atoms with E-state index >= 15 is 0 Å². The SMILES string of the molecule is CCCc1cc(CNC)cc(N2CCCOC(C)C2)n1. The number of ether oxygens (including phenoxy) is 1. The molecule has 0 spiro atoms. The van der Waals surface area contributed by atoms with Gasteiger partial charge in [-0.2, -0.15) is 0 Å². The summed E-state index contributed by atoms with van der Waals surface area (Å²) >= 11 is 0. The lowest BCUT2D eigenvalue weighted by molar-refractivity contribution is 0.0820. The number of nitrogens with one attached hydrogen (secondary N) is 1. The summed E-state index contributed by atoms with van der Waals surface area (Å²) in [6, 6.07) is 4.44. The topological polar surface area (TPSA) is 37.4 Å². The van der Waals surface area contributed by atoms with Gasteiger partial charge in [0.15, 0.2) is 0 Å². The van der Waals surface area contributed by atoms with Crippen molar-refractivity contribution >= 4 is 5.82 Å². The van der Waals surface area contributed by atoms with Gasteiger partial charge in [-0.05, 0) is 44.5 Å². The fourth-order valence-electron chi connectivity index (χ4n) is 2.69. The Morgan fingerprint density at radius 1 is 1.45 bits per heavy atom. The van der Waals surface area contributed by atoms with Gasteiger partial charge < -0.3 is 15.0 Å². The standard InChI is InChI=1S/C16H27N3O/c1-4-6-15-9-14(11-17-3)10-16(18-15)19-7-5-8-20-13(2)12-19/h9-10,13,17H,4-8,11-12H2,1-3H3. The van der Waals surface area contributed by atoms with Crippen LogP contribution in [0, 0.1) is 0 Å². The highest BCUT2D eigenvalue weighted by Gasteiger charge is 2.17. The van der Waals surface area contributed by atoms with Gasteiger partial charge in [0.1, 0.15) is 5.82 Å². The van der Waals surface area contributed by atoms with E-state index in [1.54, 1.807) is 0 Å². The molecule has 1 atom stereocenters. The van der Waals surface area contributed by atoms with Crippen molar-refractivity contribution in [2.75, 3.05) is 31.6 Å². The summed E-state index contributed by atoms with van der Waals surface area (Å²) in [6.45, 7) is 8.06. The first-order valence-corrected chi connectivity index (χ1v) is 7.74. The molecule has 0 aliphatic carbocycles. The largest absolute Gasteiger partial charge is 0.377 e. The summed E-state index contributed by atoms with van der Waals surface area (Å²) in [5.74, 6) is 1.11. The highest BCUT2D eigenvalue weighted by Crippen LogP contribution is 2.19. The van der Waals surface area contributed by atoms with Gasteiger partial charge in [0.05, 0.1) is 6.10 Å². The van der Waals surface area contributed by atoms with Crippen LogP contribution in [0.1, 0.15) is 37.9 Å². The van der Waals surface area contributed by atoms with Gasteiger partial charge in [-0.25, -0.2) is 4.98 Å². The van der Waals surface area contributed by atoms with Gasteiger partial charge in [-0.3, -0.25) is 0 Å². The summed E-state index contributed by atoms with van der Waals surface area (Å²) in [5, 5.41) is 3.23. The molecular formula is C16H27N3O. The molecule has 20 heavy (non-hydrogen) atoms. The molecule has 4 heteroatoms. The Morgan fingerprint density at radius 3 is 3.05 bits per heavy atom. The molecule has 1 N–H and O–H groups in total. The van der Waals surface area contributed by atoms with Crippen molar-refractivity contribution in [3.05, 3.63) is 23.4 Å². The maximum Gasteiger partial charge on any atom is 0.129 e. The Hall–Kier alpha value is -1.13. The van der Waals surface area contributed by atoms with E-state index in [2.05, 4.69) is 36.2 Å². The van der Waals surface area contributed by atoms with E-state index in [0.29, 0.717) is 0 Å². The van der Waals surface area contributed by atoms with Crippen LogP contribution in [0.4, 0.5) is 5.82 Å². The molecule has 0 amide bonds. The minimum Gasteiger partial charge on any atom is -0.377 e. The third-order valence-electron chi connectivity index (χ3n) is 3.59. The van der Waals surface area contributed by atoms with E-state index in [-0.39, 0.29) is 6.10 Å². The summed E-state index contributed by atoms with van der Waals surface area (Å²) in [5.41, 5.74) is 2.52. The van der Waals surface area contributed by atoms with E-state index in [1.165, 1.54) is 11.3 Å². The van der Waals surface area contributed by atoms with Crippen molar-refractivity contribution in [2.45, 2.75) is 45.8 Å². The third kappa shape index (κ3) is 4.18. The molecule has 2 rings (SSSR count). The zero-order valence-corrected chi connectivity index (χ0v) is 13.0. The normalized spacial score (nSPS) is 19.9. The Morgan fingerprint density at radius 2 is 2.30 bits per heavy atom. The van der Waals surface area contributed by atoms with Crippen LogP contribution in [0.15, 0.2) is 12.1 Å². The number of pyridine rings is 1. The van der Waals surface area contributed by atoms with Crippen molar-refractivity contribution in [1.82, 2.24) is 10.3 Å². The van der Waals surface area contributed by atoms with Gasteiger partial charge in [0.2, 0.25) is 0 Å². The number of hydrogen-bond donors (Lipinski definition) is 1. The van der Waals surface area contributed by atoms with E-state index < -0.39 is 0 Å². The minimum absolute atomic E-state index is 0.280. The van der Waals surface area contributed by atoms with Crippen LogP contribution in [0.5, 0.6) is 0 Å². The van der Waals surface area contributed by atoms with Crippen LogP contribution in [0.2, 0.25) is 0 Å². The lowest BCUT2D eigenvalue weighted by Crippen LogP contribution is -2.31. The number of aromatic nitrogens is 1. The van der Waals surface area contributed by atoms with E-state index in [0.717, 1.165) is 51.3 Å². The molecule has 1 unspecified atom stereocenters. The molecule has 0 saturated carbocycles. The first-order chi connectivity index (χ1) is 9.72. The average molecular weight is 277 g/mol. The Bertz CT molecular complexity index is 398. The second-order valence-corrected chi connectivity index (χ2v) is 5.59. The van der Waals surface area contributed by atoms with Crippen LogP contribution < -0.4 is 10.2 Å². The molecule has 0 aromatic carbocycles. The third-order valence-corrected chi connectivity index (χ3v) is 3.59. The lowest BCUT2D eigenvalue weighted by Gasteiger charge is -2.24. The summed E-state index contributed by atoms with van der Waals surface area (Å²) in [6.07, 6.45) is 3.53. The molecule has 0 bridgehead atoms. The second kappa shape index (κ2) is 7.60. The molecule has 1 saturated heterocycles. The van der Waals surface area contributed by atoms with Gasteiger partial charge in [0, 0.05) is 31.9 Å². The number of hydrogen-bond acceptors (Lipinski definition) is 4. The number of nitrogens with zero attached hydrogens (tertiary/aromatic N) is 2. The van der Waals surface area contributed by atoms with Crippen LogP contribution >= 0.6 is 0 Å². The van der Waals surface area contributed by atoms with Crippen molar-refractivity contribution in [2.24, 2.45) is 0 Å². The Balaban J connectivity index is 2.23. The summed E-state index contributed by atoms with van der Waals surface area (Å²) in [4.78, 5) is 7.22. The van der Waals surface area contributed by atoms with Gasteiger partial charge in [0.25, 0.3) is 0 Å². The summed E-state index contributed by atoms with van der Waals surface area (Å²) < 4.78 is 5.73. The quantitative estimate of drug-likeness (QED) is 0.896. The number of anilines is 1. The molecule has 1 fully saturated rings. The average Bonchev–Trinajstić information content (AvgIpc) is 2.64. The summed E-state index contributed by atoms with van der Waals surface area (Å²) in [7, 11) is 1.99. The van der Waals surface area contributed by atoms with E-state index in [1.807, 2.05) is 7.05 Å². The molecule has 0 radical (unpaired) electrons. The predicted molar refractivity (Wildman–Crippen MR) is 83.2 cm³/mol. The zero-order valence-electron chi connectivity index (χ0n) is 13.0. The fourth-order valence-corrected chi connectivity index (χ4v) is 2.69. The molecule has 1 aromatic rings. The number of rotatable bonds is 5. The highest BCUT2D eigenvalue weighted by molar-refractivity contribution is 5.43. The molecule has 1 aliphatic rings. The maximum absolute atomic E-state index is 5.73. The van der Waals surface area contributed by atoms with Gasteiger partial charge in [-0.1, -0.05) is 13.3 Å². The van der Waals surface area contributed by atoms with E-state index in [9.17, 15) is 0 Å². The van der Waals surface area contributed by atoms with Crippen molar-refractivity contribution in [3.8, 4) is 0 Å². The second-order valence-electron chi connectivity index (χ2n) is 5.59. The monoisotopic (exact) mass is 277 g/mol. The Labute approximate surface area is 122 Å². The van der Waals surface area contributed by atoms with Gasteiger partial charge >= 0.3 is 0 Å². The molecule has 1 aromatic heterocycles. The lowest BCUT2D eigenvalue weighted by atomic mass is 10.1. The Kier molecular flexibility index (Phi) is 5.80. The van der Waals surface area contributed by atoms with Crippen LogP contribution in [0.25, 0.3) is 0 Å². The van der Waals surface area contributed by atoms with Gasteiger partial charge in [-0.15, -0.1) is 0 Å². The molecule has 1 aliphatic heterocycles. The highest BCUT2D eigenvalue weighted by atomic mass is 16.5. The van der Waals surface area contributed by atoms with Crippen molar-refractivity contribution in [1.29, 1.82) is 0 Å². The van der Waals surface area contributed by atoms with Crippen LogP contribution in [-0.4, -0.2) is 37.8 Å². The molecular weight excluding hydrogens is 250 g/mol. The van der Waals surface area contributed by atoms with Crippen LogP contribution in [-0.2, 0) is 17.7 Å². The first kappa shape index (κ1) is 15.3. The zero-order chi connectivity index (χ0) is 14.4. The van der Waals surface area contributed by atoms with E-state index in [4.69, 9.17) is 9.72 Å². The van der Waals surface area contributed by atoms with Crippen molar-refractivity contribution < 1.29 is 4.74 Å². The van der Waals surface area contributed by atoms with Crippen molar-refractivity contribution in [3.63, 3.8) is 0 Å². The number of aryl methyl sites for hydroxylation is 1. The fraction of sp³-hybridized carbons (Fsp3) is 0.688. The predicted octanol–water partition coefficient (Wildman–Crippen LogP) is 2.37. The smallest absolute Gasteiger partial charge is 0.129 e. The molecule has 2 heterocycles. The minimum atomic E-state index is 0.280. The molecule has 4 nitrogen and oxygen atoms in total. The molecule has 112 valence electrons. The first-order valence-electron chi connectivity index (χ1n) is 7.74.